The third-order valence-electron chi connectivity index (χ3n) is 3.76. The summed E-state index contributed by atoms with van der Waals surface area (Å²) in [6.07, 6.45) is 2.40. The SMILES string of the molecule is COCCCN1CCC(C)(C)C(CN)C1. The maximum Gasteiger partial charge on any atom is 0.0474 e. The van der Waals surface area contributed by atoms with Gasteiger partial charge in [-0.2, -0.15) is 0 Å². The van der Waals surface area contributed by atoms with Gasteiger partial charge in [0.2, 0.25) is 0 Å². The molecule has 3 nitrogen and oxygen atoms in total. The first-order chi connectivity index (χ1) is 7.10. The molecule has 3 heteroatoms. The standard InChI is InChI=1S/C12H26N2O/c1-12(2)5-7-14(6-4-8-15-3)10-11(12)9-13/h11H,4-10,13H2,1-3H3. The lowest BCUT2D eigenvalue weighted by Crippen LogP contribution is -2.47. The molecule has 1 heterocycles. The number of likely N-dealkylation sites (tertiary alicyclic amines) is 1. The van der Waals surface area contributed by atoms with E-state index in [9.17, 15) is 0 Å². The van der Waals surface area contributed by atoms with Crippen LogP contribution in [0.5, 0.6) is 0 Å². The Bertz CT molecular complexity index is 182. The summed E-state index contributed by atoms with van der Waals surface area (Å²) in [6.45, 7) is 9.90. The lowest BCUT2D eigenvalue weighted by Gasteiger charge is -2.43. The highest BCUT2D eigenvalue weighted by Crippen LogP contribution is 2.34. The molecule has 1 rings (SSSR count). The molecule has 0 amide bonds. The van der Waals surface area contributed by atoms with Crippen molar-refractivity contribution in [1.29, 1.82) is 0 Å². The molecule has 1 fully saturated rings. The minimum Gasteiger partial charge on any atom is -0.385 e. The van der Waals surface area contributed by atoms with Gasteiger partial charge in [-0.15, -0.1) is 0 Å². The first kappa shape index (κ1) is 12.9. The molecule has 1 aliphatic rings. The Morgan fingerprint density at radius 3 is 2.80 bits per heavy atom. The third kappa shape index (κ3) is 3.74. The van der Waals surface area contributed by atoms with E-state index >= 15 is 0 Å². The highest BCUT2D eigenvalue weighted by Gasteiger charge is 2.33. The van der Waals surface area contributed by atoms with Crippen molar-refractivity contribution in [1.82, 2.24) is 4.90 Å². The largest absolute Gasteiger partial charge is 0.385 e. The Labute approximate surface area is 94.0 Å². The van der Waals surface area contributed by atoms with Crippen molar-refractivity contribution in [3.05, 3.63) is 0 Å². The highest BCUT2D eigenvalue weighted by molar-refractivity contribution is 4.87. The quantitative estimate of drug-likeness (QED) is 0.702. The second-order valence-corrected chi connectivity index (χ2v) is 5.32. The number of methoxy groups -OCH3 is 1. The highest BCUT2D eigenvalue weighted by atomic mass is 16.5. The smallest absolute Gasteiger partial charge is 0.0474 e. The van der Waals surface area contributed by atoms with Crippen LogP contribution in [0.1, 0.15) is 26.7 Å². The summed E-state index contributed by atoms with van der Waals surface area (Å²) >= 11 is 0. The van der Waals surface area contributed by atoms with Gasteiger partial charge in [0.1, 0.15) is 0 Å². The van der Waals surface area contributed by atoms with Gasteiger partial charge in [-0.1, -0.05) is 13.8 Å². The monoisotopic (exact) mass is 214 g/mol. The Hall–Kier alpha value is -0.120. The van der Waals surface area contributed by atoms with Gasteiger partial charge < -0.3 is 15.4 Å². The molecule has 1 aliphatic heterocycles. The van der Waals surface area contributed by atoms with E-state index in [0.717, 1.165) is 32.7 Å². The van der Waals surface area contributed by atoms with Crippen LogP contribution in [-0.4, -0.2) is 44.8 Å². The van der Waals surface area contributed by atoms with Crippen LogP contribution in [0.2, 0.25) is 0 Å². The maximum absolute atomic E-state index is 5.84. The van der Waals surface area contributed by atoms with Gasteiger partial charge in [0.15, 0.2) is 0 Å². The van der Waals surface area contributed by atoms with E-state index in [2.05, 4.69) is 18.7 Å². The normalized spacial score (nSPS) is 26.8. The van der Waals surface area contributed by atoms with Crippen molar-refractivity contribution in [2.24, 2.45) is 17.1 Å². The van der Waals surface area contributed by atoms with E-state index in [1.165, 1.54) is 13.0 Å². The van der Waals surface area contributed by atoms with Crippen molar-refractivity contribution in [3.8, 4) is 0 Å². The molecule has 90 valence electrons. The molecule has 0 aliphatic carbocycles. The number of rotatable bonds is 5. The molecule has 1 saturated heterocycles. The zero-order valence-electron chi connectivity index (χ0n) is 10.5. The van der Waals surface area contributed by atoms with Gasteiger partial charge in [-0.25, -0.2) is 0 Å². The zero-order valence-corrected chi connectivity index (χ0v) is 10.5. The molecule has 1 unspecified atom stereocenters. The van der Waals surface area contributed by atoms with Crippen molar-refractivity contribution < 1.29 is 4.74 Å². The van der Waals surface area contributed by atoms with E-state index in [4.69, 9.17) is 10.5 Å². The number of piperidine rings is 1. The van der Waals surface area contributed by atoms with Crippen LogP contribution in [0.25, 0.3) is 0 Å². The molecule has 0 aromatic heterocycles. The molecule has 2 N–H and O–H groups in total. The summed E-state index contributed by atoms with van der Waals surface area (Å²) in [5.74, 6) is 0.647. The van der Waals surface area contributed by atoms with Gasteiger partial charge in [-0.05, 0) is 37.3 Å². The summed E-state index contributed by atoms with van der Waals surface area (Å²) in [5, 5.41) is 0. The molecule has 0 radical (unpaired) electrons. The van der Waals surface area contributed by atoms with E-state index in [1.54, 1.807) is 7.11 Å². The van der Waals surface area contributed by atoms with E-state index < -0.39 is 0 Å². The summed E-state index contributed by atoms with van der Waals surface area (Å²) in [4.78, 5) is 2.53. The van der Waals surface area contributed by atoms with E-state index in [1.807, 2.05) is 0 Å². The lowest BCUT2D eigenvalue weighted by atomic mass is 9.73. The van der Waals surface area contributed by atoms with Crippen molar-refractivity contribution in [2.45, 2.75) is 26.7 Å². The predicted octanol–water partition coefficient (Wildman–Crippen LogP) is 1.33. The lowest BCUT2D eigenvalue weighted by molar-refractivity contribution is 0.0590. The molecule has 15 heavy (non-hydrogen) atoms. The molecule has 0 spiro atoms. The Morgan fingerprint density at radius 1 is 1.47 bits per heavy atom. The fourth-order valence-electron chi connectivity index (χ4n) is 2.33. The average Bonchev–Trinajstić information content (AvgIpc) is 2.20. The first-order valence-electron chi connectivity index (χ1n) is 6.01. The Balaban J connectivity index is 2.33. The van der Waals surface area contributed by atoms with Gasteiger partial charge in [0.25, 0.3) is 0 Å². The molecular weight excluding hydrogens is 188 g/mol. The summed E-state index contributed by atoms with van der Waals surface area (Å²) < 4.78 is 5.08. The second kappa shape index (κ2) is 5.83. The fraction of sp³-hybridized carbons (Fsp3) is 1.00. The zero-order chi connectivity index (χ0) is 11.3. The van der Waals surface area contributed by atoms with Crippen molar-refractivity contribution in [3.63, 3.8) is 0 Å². The summed E-state index contributed by atoms with van der Waals surface area (Å²) in [5.41, 5.74) is 6.27. The van der Waals surface area contributed by atoms with Crippen LogP contribution >= 0.6 is 0 Å². The molecule has 0 aromatic carbocycles. The molecule has 1 atom stereocenters. The van der Waals surface area contributed by atoms with Gasteiger partial charge in [0.05, 0.1) is 0 Å². The van der Waals surface area contributed by atoms with Crippen molar-refractivity contribution in [2.75, 3.05) is 39.9 Å². The number of nitrogens with two attached hydrogens (primary N) is 1. The summed E-state index contributed by atoms with van der Waals surface area (Å²) in [6, 6.07) is 0. The molecular formula is C12H26N2O. The number of ether oxygens (including phenoxy) is 1. The molecule has 0 aromatic rings. The maximum atomic E-state index is 5.84. The minimum atomic E-state index is 0.423. The van der Waals surface area contributed by atoms with Crippen LogP contribution in [0, 0.1) is 11.3 Å². The van der Waals surface area contributed by atoms with Gasteiger partial charge >= 0.3 is 0 Å². The Morgan fingerprint density at radius 2 is 2.20 bits per heavy atom. The molecule has 0 saturated carbocycles. The van der Waals surface area contributed by atoms with Crippen LogP contribution in [-0.2, 0) is 4.74 Å². The third-order valence-corrected chi connectivity index (χ3v) is 3.76. The fourth-order valence-corrected chi connectivity index (χ4v) is 2.33. The number of nitrogens with zero attached hydrogens (tertiary/aromatic N) is 1. The van der Waals surface area contributed by atoms with Crippen LogP contribution in [0.3, 0.4) is 0 Å². The minimum absolute atomic E-state index is 0.423. The molecule has 0 bridgehead atoms. The van der Waals surface area contributed by atoms with Crippen LogP contribution in [0.15, 0.2) is 0 Å². The second-order valence-electron chi connectivity index (χ2n) is 5.32. The topological polar surface area (TPSA) is 38.5 Å². The Kier molecular flexibility index (Phi) is 5.03. The first-order valence-corrected chi connectivity index (χ1v) is 6.01. The number of hydrogen-bond donors (Lipinski definition) is 1. The predicted molar refractivity (Wildman–Crippen MR) is 63.9 cm³/mol. The number of hydrogen-bond acceptors (Lipinski definition) is 3. The van der Waals surface area contributed by atoms with Crippen LogP contribution < -0.4 is 5.73 Å². The van der Waals surface area contributed by atoms with Crippen molar-refractivity contribution >= 4 is 0 Å². The van der Waals surface area contributed by atoms with Gasteiger partial charge in [0, 0.05) is 26.8 Å². The van der Waals surface area contributed by atoms with E-state index in [-0.39, 0.29) is 0 Å². The summed E-state index contributed by atoms with van der Waals surface area (Å²) in [7, 11) is 1.77. The van der Waals surface area contributed by atoms with Crippen LogP contribution in [0.4, 0.5) is 0 Å². The average molecular weight is 214 g/mol. The van der Waals surface area contributed by atoms with Gasteiger partial charge in [-0.3, -0.25) is 0 Å². The van der Waals surface area contributed by atoms with E-state index in [0.29, 0.717) is 11.3 Å².